The number of hydrogen-bond acceptors (Lipinski definition) is 4. The van der Waals surface area contributed by atoms with Gasteiger partial charge in [-0.15, -0.1) is 11.3 Å². The largest absolute Gasteiger partial charge is 0.476 e. The second kappa shape index (κ2) is 4.63. The molecule has 100 valence electrons. The minimum atomic E-state index is -1.01. The normalized spacial score (nSPS) is 18.3. The molecule has 3 heterocycles. The van der Waals surface area contributed by atoms with Crippen LogP contribution in [0, 0.1) is 0 Å². The van der Waals surface area contributed by atoms with Crippen molar-refractivity contribution in [1.82, 2.24) is 9.55 Å². The molecule has 1 atom stereocenters. The molecule has 0 fully saturated rings. The summed E-state index contributed by atoms with van der Waals surface area (Å²) in [5.74, 6) is -0.331. The SMILES string of the molecule is NC1CCn2c(-c3ccc(Cl)s3)nc(C(=O)O)c2C1. The van der Waals surface area contributed by atoms with E-state index in [1.54, 1.807) is 6.07 Å². The molecule has 3 N–H and O–H groups in total. The molecular formula is C12H12ClN3O2S. The van der Waals surface area contributed by atoms with Gasteiger partial charge in [-0.25, -0.2) is 9.78 Å². The number of aromatic carboxylic acids is 1. The lowest BCUT2D eigenvalue weighted by atomic mass is 10.0. The third-order valence-corrected chi connectivity index (χ3v) is 4.47. The summed E-state index contributed by atoms with van der Waals surface area (Å²) in [5.41, 5.74) is 6.74. The van der Waals surface area contributed by atoms with E-state index in [1.165, 1.54) is 11.3 Å². The maximum Gasteiger partial charge on any atom is 0.356 e. The highest BCUT2D eigenvalue weighted by molar-refractivity contribution is 7.19. The number of nitrogens with two attached hydrogens (primary N) is 1. The lowest BCUT2D eigenvalue weighted by Crippen LogP contribution is -2.31. The number of carbonyl (C=O) groups is 1. The zero-order chi connectivity index (χ0) is 13.6. The molecule has 0 saturated heterocycles. The molecule has 0 aromatic carbocycles. The fraction of sp³-hybridized carbons (Fsp3) is 0.333. The summed E-state index contributed by atoms with van der Waals surface area (Å²) in [6, 6.07) is 3.66. The third-order valence-electron chi connectivity index (χ3n) is 3.25. The smallest absolute Gasteiger partial charge is 0.356 e. The van der Waals surface area contributed by atoms with Crippen molar-refractivity contribution in [3.63, 3.8) is 0 Å². The average molecular weight is 298 g/mol. The van der Waals surface area contributed by atoms with Crippen molar-refractivity contribution in [1.29, 1.82) is 0 Å². The van der Waals surface area contributed by atoms with Crippen LogP contribution in [0.25, 0.3) is 10.7 Å². The van der Waals surface area contributed by atoms with E-state index in [4.69, 9.17) is 17.3 Å². The lowest BCUT2D eigenvalue weighted by molar-refractivity contribution is 0.0689. The van der Waals surface area contributed by atoms with Gasteiger partial charge in [0, 0.05) is 19.0 Å². The van der Waals surface area contributed by atoms with Gasteiger partial charge in [-0.3, -0.25) is 0 Å². The molecule has 7 heteroatoms. The molecule has 3 rings (SSSR count). The van der Waals surface area contributed by atoms with Gasteiger partial charge in [0.2, 0.25) is 0 Å². The summed E-state index contributed by atoms with van der Waals surface area (Å²) in [4.78, 5) is 16.4. The molecule has 2 aromatic heterocycles. The Balaban J connectivity index is 2.16. The number of aromatic nitrogens is 2. The Bertz CT molecular complexity index is 649. The van der Waals surface area contributed by atoms with Gasteiger partial charge in [0.25, 0.3) is 0 Å². The Kier molecular flexibility index (Phi) is 3.08. The number of nitrogens with zero attached hydrogens (tertiary/aromatic N) is 2. The Morgan fingerprint density at radius 2 is 2.37 bits per heavy atom. The van der Waals surface area contributed by atoms with Crippen LogP contribution < -0.4 is 5.73 Å². The van der Waals surface area contributed by atoms with E-state index in [9.17, 15) is 9.90 Å². The molecular weight excluding hydrogens is 286 g/mol. The minimum absolute atomic E-state index is 0.00192. The van der Waals surface area contributed by atoms with Crippen LogP contribution in [0.2, 0.25) is 4.34 Å². The topological polar surface area (TPSA) is 81.1 Å². The molecule has 1 unspecified atom stereocenters. The van der Waals surface area contributed by atoms with E-state index in [0.717, 1.165) is 11.3 Å². The molecule has 0 amide bonds. The maximum absolute atomic E-state index is 11.3. The summed E-state index contributed by atoms with van der Waals surface area (Å²) in [6.45, 7) is 0.696. The first-order valence-corrected chi connectivity index (χ1v) is 7.09. The third kappa shape index (κ3) is 2.16. The van der Waals surface area contributed by atoms with Crippen LogP contribution in [0.4, 0.5) is 0 Å². The van der Waals surface area contributed by atoms with Gasteiger partial charge in [-0.2, -0.15) is 0 Å². The quantitative estimate of drug-likeness (QED) is 0.890. The molecule has 0 spiro atoms. The van der Waals surface area contributed by atoms with Crippen molar-refractivity contribution in [2.24, 2.45) is 5.73 Å². The van der Waals surface area contributed by atoms with E-state index < -0.39 is 5.97 Å². The number of thiophene rings is 1. The lowest BCUT2D eigenvalue weighted by Gasteiger charge is -2.21. The first-order chi connectivity index (χ1) is 9.06. The van der Waals surface area contributed by atoms with Gasteiger partial charge in [-0.1, -0.05) is 11.6 Å². The van der Waals surface area contributed by atoms with Crippen LogP contribution in [0.5, 0.6) is 0 Å². The number of carboxylic acid groups (broad SMARTS) is 1. The second-order valence-electron chi connectivity index (χ2n) is 4.54. The molecule has 1 aliphatic heterocycles. The first-order valence-electron chi connectivity index (χ1n) is 5.90. The summed E-state index contributed by atoms with van der Waals surface area (Å²) >= 11 is 7.33. The molecule has 0 saturated carbocycles. The second-order valence-corrected chi connectivity index (χ2v) is 6.26. The molecule has 0 radical (unpaired) electrons. The fourth-order valence-corrected chi connectivity index (χ4v) is 3.42. The number of hydrogen-bond donors (Lipinski definition) is 2. The standard InChI is InChI=1S/C12H12ClN3O2S/c13-9-2-1-8(19-9)11-15-10(12(17)18)7-5-6(14)3-4-16(7)11/h1-2,6H,3-5,14H2,(H,17,18). The van der Waals surface area contributed by atoms with Crippen molar-refractivity contribution in [3.05, 3.63) is 27.9 Å². The molecule has 5 nitrogen and oxygen atoms in total. The van der Waals surface area contributed by atoms with Crippen LogP contribution in [0.1, 0.15) is 22.6 Å². The van der Waals surface area contributed by atoms with Gasteiger partial charge < -0.3 is 15.4 Å². The van der Waals surface area contributed by atoms with Crippen LogP contribution in [0.3, 0.4) is 0 Å². The van der Waals surface area contributed by atoms with Crippen molar-refractivity contribution in [2.45, 2.75) is 25.4 Å². The predicted molar refractivity (Wildman–Crippen MR) is 73.8 cm³/mol. The van der Waals surface area contributed by atoms with Crippen LogP contribution in [-0.2, 0) is 13.0 Å². The fourth-order valence-electron chi connectivity index (χ4n) is 2.37. The van der Waals surface area contributed by atoms with Gasteiger partial charge in [0.1, 0.15) is 0 Å². The Labute approximate surface area is 118 Å². The van der Waals surface area contributed by atoms with Crippen molar-refractivity contribution < 1.29 is 9.90 Å². The van der Waals surface area contributed by atoms with Gasteiger partial charge in [0.15, 0.2) is 11.5 Å². The Morgan fingerprint density at radius 3 is 3.00 bits per heavy atom. The van der Waals surface area contributed by atoms with Crippen LogP contribution in [-0.4, -0.2) is 26.7 Å². The predicted octanol–water partition coefficient (Wildman–Crippen LogP) is 2.24. The molecule has 2 aromatic rings. The number of halogens is 1. The highest BCUT2D eigenvalue weighted by atomic mass is 35.5. The number of imidazole rings is 1. The van der Waals surface area contributed by atoms with E-state index in [-0.39, 0.29) is 11.7 Å². The zero-order valence-electron chi connectivity index (χ0n) is 9.97. The molecule has 1 aliphatic rings. The summed E-state index contributed by atoms with van der Waals surface area (Å²) in [6.07, 6.45) is 1.38. The van der Waals surface area contributed by atoms with Gasteiger partial charge >= 0.3 is 5.97 Å². The van der Waals surface area contributed by atoms with Gasteiger partial charge in [-0.05, 0) is 18.6 Å². The maximum atomic E-state index is 11.3. The van der Waals surface area contributed by atoms with E-state index >= 15 is 0 Å². The summed E-state index contributed by atoms with van der Waals surface area (Å²) in [7, 11) is 0. The van der Waals surface area contributed by atoms with E-state index in [2.05, 4.69) is 4.98 Å². The van der Waals surface area contributed by atoms with Crippen molar-refractivity contribution in [2.75, 3.05) is 0 Å². The number of fused-ring (bicyclic) bond motifs is 1. The summed E-state index contributed by atoms with van der Waals surface area (Å²) < 4.78 is 2.62. The highest BCUT2D eigenvalue weighted by Crippen LogP contribution is 2.33. The zero-order valence-corrected chi connectivity index (χ0v) is 11.5. The molecule has 19 heavy (non-hydrogen) atoms. The Hall–Kier alpha value is -1.37. The number of rotatable bonds is 2. The monoisotopic (exact) mass is 297 g/mol. The average Bonchev–Trinajstić information content (AvgIpc) is 2.92. The van der Waals surface area contributed by atoms with E-state index in [1.807, 2.05) is 10.6 Å². The van der Waals surface area contributed by atoms with Crippen LogP contribution in [0.15, 0.2) is 12.1 Å². The van der Waals surface area contributed by atoms with Crippen LogP contribution >= 0.6 is 22.9 Å². The Morgan fingerprint density at radius 1 is 1.58 bits per heavy atom. The van der Waals surface area contributed by atoms with E-state index in [0.29, 0.717) is 28.8 Å². The number of carboxylic acids is 1. The highest BCUT2D eigenvalue weighted by Gasteiger charge is 2.27. The van der Waals surface area contributed by atoms with Gasteiger partial charge in [0.05, 0.1) is 14.9 Å². The molecule has 0 bridgehead atoms. The van der Waals surface area contributed by atoms with Crippen molar-refractivity contribution >= 4 is 28.9 Å². The first kappa shape index (κ1) is 12.7. The minimum Gasteiger partial charge on any atom is -0.476 e. The summed E-state index contributed by atoms with van der Waals surface area (Å²) in [5, 5.41) is 9.25. The van der Waals surface area contributed by atoms with Crippen molar-refractivity contribution in [3.8, 4) is 10.7 Å². The molecule has 0 aliphatic carbocycles.